The van der Waals surface area contributed by atoms with Crippen LogP contribution in [-0.4, -0.2) is 52.5 Å². The van der Waals surface area contributed by atoms with Gasteiger partial charge in [-0.25, -0.2) is 0 Å². The van der Waals surface area contributed by atoms with Crippen LogP contribution in [0.3, 0.4) is 0 Å². The predicted molar refractivity (Wildman–Crippen MR) is 83.3 cm³/mol. The molecule has 0 aromatic heterocycles. The van der Waals surface area contributed by atoms with Gasteiger partial charge in [-0.2, -0.15) is 0 Å². The van der Waals surface area contributed by atoms with Gasteiger partial charge in [0.2, 0.25) is 0 Å². The lowest BCUT2D eigenvalue weighted by molar-refractivity contribution is 0.129. The summed E-state index contributed by atoms with van der Waals surface area (Å²) in [6.45, 7) is 9.28. The van der Waals surface area contributed by atoms with Crippen LogP contribution in [0.5, 0.6) is 0 Å². The van der Waals surface area contributed by atoms with Gasteiger partial charge in [0.25, 0.3) is 0 Å². The zero-order valence-corrected chi connectivity index (χ0v) is 13.3. The normalized spacial score (nSPS) is 17.1. The van der Waals surface area contributed by atoms with E-state index in [1.807, 2.05) is 6.92 Å². The summed E-state index contributed by atoms with van der Waals surface area (Å²) >= 11 is 0. The first-order valence-electron chi connectivity index (χ1n) is 7.85. The van der Waals surface area contributed by atoms with Crippen molar-refractivity contribution in [2.75, 3.05) is 46.6 Å². The van der Waals surface area contributed by atoms with Crippen LogP contribution in [0.15, 0.2) is 4.99 Å². The molecule has 0 spiro atoms. The van der Waals surface area contributed by atoms with Gasteiger partial charge in [0, 0.05) is 46.6 Å². The third-order valence-corrected chi connectivity index (χ3v) is 3.67. The van der Waals surface area contributed by atoms with Gasteiger partial charge in [0.15, 0.2) is 5.96 Å². The number of hydrogen-bond acceptors (Lipinski definition) is 3. The summed E-state index contributed by atoms with van der Waals surface area (Å²) in [6, 6.07) is 0. The van der Waals surface area contributed by atoms with E-state index < -0.39 is 0 Å². The van der Waals surface area contributed by atoms with Crippen molar-refractivity contribution in [1.29, 1.82) is 0 Å². The van der Waals surface area contributed by atoms with Gasteiger partial charge in [-0.15, -0.1) is 0 Å². The van der Waals surface area contributed by atoms with Crippen LogP contribution in [-0.2, 0) is 9.47 Å². The molecule has 0 aromatic carbocycles. The molecule has 0 unspecified atom stereocenters. The second-order valence-corrected chi connectivity index (χ2v) is 5.42. The molecule has 2 N–H and O–H groups in total. The Morgan fingerprint density at radius 2 is 2.00 bits per heavy atom. The number of methoxy groups -OCH3 is 1. The Labute approximate surface area is 123 Å². The Balaban J connectivity index is 2.30. The molecule has 0 heterocycles. The van der Waals surface area contributed by atoms with Crippen LogP contribution < -0.4 is 10.6 Å². The molecular weight excluding hydrogens is 254 g/mol. The second-order valence-electron chi connectivity index (χ2n) is 5.42. The molecule has 0 aliphatic heterocycles. The van der Waals surface area contributed by atoms with E-state index >= 15 is 0 Å². The monoisotopic (exact) mass is 285 g/mol. The second kappa shape index (κ2) is 10.00. The first-order valence-corrected chi connectivity index (χ1v) is 7.85. The molecule has 118 valence electrons. The minimum absolute atomic E-state index is 0.407. The molecule has 0 atom stereocenters. The fourth-order valence-corrected chi connectivity index (χ4v) is 2.11. The van der Waals surface area contributed by atoms with Gasteiger partial charge in [-0.3, -0.25) is 4.99 Å². The summed E-state index contributed by atoms with van der Waals surface area (Å²) in [6.07, 6.45) is 4.70. The third kappa shape index (κ3) is 7.10. The molecule has 1 aliphatic rings. The molecule has 1 fully saturated rings. The lowest BCUT2D eigenvalue weighted by Crippen LogP contribution is -2.38. The molecule has 0 saturated heterocycles. The van der Waals surface area contributed by atoms with Crippen molar-refractivity contribution in [2.24, 2.45) is 10.4 Å². The van der Waals surface area contributed by atoms with Crippen molar-refractivity contribution < 1.29 is 9.47 Å². The SMILES string of the molecule is CCNC(=NCC1(CCOCC)CC1)NCCCOC. The lowest BCUT2D eigenvalue weighted by atomic mass is 10.0. The fraction of sp³-hybridized carbons (Fsp3) is 0.933. The number of nitrogens with one attached hydrogen (secondary N) is 2. The average Bonchev–Trinajstić information content (AvgIpc) is 3.21. The summed E-state index contributed by atoms with van der Waals surface area (Å²) in [4.78, 5) is 4.72. The number of guanidine groups is 1. The standard InChI is InChI=1S/C15H31N3O2/c1-4-16-14(17-10-6-11-19-3)18-13-15(7-8-15)9-12-20-5-2/h4-13H2,1-3H3,(H2,16,17,18). The summed E-state index contributed by atoms with van der Waals surface area (Å²) < 4.78 is 10.5. The van der Waals surface area contributed by atoms with Gasteiger partial charge in [0.05, 0.1) is 0 Å². The Morgan fingerprint density at radius 1 is 1.20 bits per heavy atom. The fourth-order valence-electron chi connectivity index (χ4n) is 2.11. The van der Waals surface area contributed by atoms with E-state index in [1.54, 1.807) is 7.11 Å². The smallest absolute Gasteiger partial charge is 0.191 e. The van der Waals surface area contributed by atoms with Crippen molar-refractivity contribution in [2.45, 2.75) is 39.5 Å². The van der Waals surface area contributed by atoms with Crippen molar-refractivity contribution in [3.8, 4) is 0 Å². The molecular formula is C15H31N3O2. The van der Waals surface area contributed by atoms with Gasteiger partial charge >= 0.3 is 0 Å². The van der Waals surface area contributed by atoms with Gasteiger partial charge in [0.1, 0.15) is 0 Å². The predicted octanol–water partition coefficient (Wildman–Crippen LogP) is 1.78. The highest BCUT2D eigenvalue weighted by Gasteiger charge is 2.41. The molecule has 20 heavy (non-hydrogen) atoms. The van der Waals surface area contributed by atoms with Crippen molar-refractivity contribution in [3.05, 3.63) is 0 Å². The minimum Gasteiger partial charge on any atom is -0.385 e. The van der Waals surface area contributed by atoms with Crippen LogP contribution in [0.25, 0.3) is 0 Å². The number of rotatable bonds is 11. The highest BCUT2D eigenvalue weighted by atomic mass is 16.5. The molecule has 5 nitrogen and oxygen atoms in total. The van der Waals surface area contributed by atoms with Gasteiger partial charge in [-0.05, 0) is 44.9 Å². The zero-order valence-electron chi connectivity index (χ0n) is 13.3. The van der Waals surface area contributed by atoms with Crippen molar-refractivity contribution >= 4 is 5.96 Å². The summed E-state index contributed by atoms with van der Waals surface area (Å²) in [5.41, 5.74) is 0.407. The lowest BCUT2D eigenvalue weighted by Gasteiger charge is -2.15. The minimum atomic E-state index is 0.407. The molecule has 1 rings (SSSR count). The van der Waals surface area contributed by atoms with Crippen LogP contribution in [0.4, 0.5) is 0 Å². The molecule has 5 heteroatoms. The Kier molecular flexibility index (Phi) is 8.62. The number of ether oxygens (including phenoxy) is 2. The molecule has 1 saturated carbocycles. The average molecular weight is 285 g/mol. The Bertz CT molecular complexity index is 278. The number of aliphatic imine (C=N–C) groups is 1. The third-order valence-electron chi connectivity index (χ3n) is 3.67. The summed E-state index contributed by atoms with van der Waals surface area (Å²) in [5.74, 6) is 0.922. The molecule has 0 amide bonds. The summed E-state index contributed by atoms with van der Waals surface area (Å²) in [5, 5.41) is 6.64. The largest absolute Gasteiger partial charge is 0.385 e. The highest BCUT2D eigenvalue weighted by Crippen LogP contribution is 2.48. The topological polar surface area (TPSA) is 54.9 Å². The highest BCUT2D eigenvalue weighted by molar-refractivity contribution is 5.79. The van der Waals surface area contributed by atoms with E-state index in [-0.39, 0.29) is 0 Å². The summed E-state index contributed by atoms with van der Waals surface area (Å²) in [7, 11) is 1.73. The molecule has 0 bridgehead atoms. The molecule has 0 radical (unpaired) electrons. The van der Waals surface area contributed by atoms with Crippen molar-refractivity contribution in [3.63, 3.8) is 0 Å². The maximum Gasteiger partial charge on any atom is 0.191 e. The number of hydrogen-bond donors (Lipinski definition) is 2. The van der Waals surface area contributed by atoms with E-state index in [1.165, 1.54) is 12.8 Å². The van der Waals surface area contributed by atoms with Crippen LogP contribution >= 0.6 is 0 Å². The zero-order chi connectivity index (χ0) is 14.7. The van der Waals surface area contributed by atoms with Crippen LogP contribution in [0, 0.1) is 5.41 Å². The van der Waals surface area contributed by atoms with E-state index in [2.05, 4.69) is 17.6 Å². The van der Waals surface area contributed by atoms with E-state index in [0.717, 1.165) is 58.3 Å². The van der Waals surface area contributed by atoms with E-state index in [9.17, 15) is 0 Å². The maximum absolute atomic E-state index is 5.46. The first-order chi connectivity index (χ1) is 9.76. The number of nitrogens with zero attached hydrogens (tertiary/aromatic N) is 1. The molecule has 1 aliphatic carbocycles. The maximum atomic E-state index is 5.46. The van der Waals surface area contributed by atoms with Crippen molar-refractivity contribution in [1.82, 2.24) is 10.6 Å². The Morgan fingerprint density at radius 3 is 2.60 bits per heavy atom. The van der Waals surface area contributed by atoms with Crippen LogP contribution in [0.1, 0.15) is 39.5 Å². The molecule has 0 aromatic rings. The van der Waals surface area contributed by atoms with E-state index in [0.29, 0.717) is 5.41 Å². The van der Waals surface area contributed by atoms with Gasteiger partial charge < -0.3 is 20.1 Å². The van der Waals surface area contributed by atoms with Gasteiger partial charge in [-0.1, -0.05) is 0 Å². The Hall–Kier alpha value is -0.810. The van der Waals surface area contributed by atoms with E-state index in [4.69, 9.17) is 14.5 Å². The quantitative estimate of drug-likeness (QED) is 0.345. The van der Waals surface area contributed by atoms with Crippen LogP contribution in [0.2, 0.25) is 0 Å². The first kappa shape index (κ1) is 17.2.